The van der Waals surface area contributed by atoms with Gasteiger partial charge in [-0.3, -0.25) is 0 Å². The highest BCUT2D eigenvalue weighted by Crippen LogP contribution is 2.56. The van der Waals surface area contributed by atoms with E-state index in [4.69, 9.17) is 0 Å². The minimum absolute atomic E-state index is 0.509. The molecule has 120 valence electrons. The summed E-state index contributed by atoms with van der Waals surface area (Å²) < 4.78 is 0. The van der Waals surface area contributed by atoms with Crippen molar-refractivity contribution in [2.24, 2.45) is 5.92 Å². The second kappa shape index (κ2) is 5.65. The summed E-state index contributed by atoms with van der Waals surface area (Å²) in [4.78, 5) is 2.63. The predicted molar refractivity (Wildman–Crippen MR) is 92.3 cm³/mol. The first-order valence-corrected chi connectivity index (χ1v) is 9.25. The van der Waals surface area contributed by atoms with Gasteiger partial charge in [0.25, 0.3) is 0 Å². The van der Waals surface area contributed by atoms with Gasteiger partial charge >= 0.3 is 0 Å². The molecule has 22 heavy (non-hydrogen) atoms. The highest BCUT2D eigenvalue weighted by Gasteiger charge is 2.57. The van der Waals surface area contributed by atoms with E-state index in [9.17, 15) is 0 Å². The second-order valence-electron chi connectivity index (χ2n) is 8.05. The summed E-state index contributed by atoms with van der Waals surface area (Å²) >= 11 is 0. The predicted octanol–water partition coefficient (Wildman–Crippen LogP) is 3.35. The molecule has 3 aliphatic rings. The van der Waals surface area contributed by atoms with Crippen LogP contribution in [0.2, 0.25) is 0 Å². The lowest BCUT2D eigenvalue weighted by atomic mass is 9.95. The van der Waals surface area contributed by atoms with Crippen LogP contribution in [-0.2, 0) is 11.8 Å². The Labute approximate surface area is 135 Å². The quantitative estimate of drug-likeness (QED) is 0.917. The van der Waals surface area contributed by atoms with Gasteiger partial charge in [-0.15, -0.1) is 0 Å². The van der Waals surface area contributed by atoms with Crippen molar-refractivity contribution in [3.8, 4) is 0 Å². The minimum atomic E-state index is 0.509. The van der Waals surface area contributed by atoms with Crippen molar-refractivity contribution in [1.82, 2.24) is 10.2 Å². The highest BCUT2D eigenvalue weighted by molar-refractivity contribution is 5.46. The van der Waals surface area contributed by atoms with Crippen molar-refractivity contribution in [3.63, 3.8) is 0 Å². The molecule has 1 aliphatic heterocycles. The summed E-state index contributed by atoms with van der Waals surface area (Å²) in [6, 6.07) is 10.6. The minimum Gasteiger partial charge on any atom is -0.313 e. The zero-order valence-electron chi connectivity index (χ0n) is 14.1. The molecule has 4 rings (SSSR count). The van der Waals surface area contributed by atoms with Crippen LogP contribution in [0.3, 0.4) is 0 Å². The molecular weight excluding hydrogens is 268 g/mol. The number of fused-ring (bicyclic) bond motifs is 2. The van der Waals surface area contributed by atoms with Gasteiger partial charge < -0.3 is 10.2 Å². The first-order chi connectivity index (χ1) is 10.7. The maximum absolute atomic E-state index is 3.93. The number of nitrogens with zero attached hydrogens (tertiary/aromatic N) is 1. The van der Waals surface area contributed by atoms with Gasteiger partial charge in [-0.2, -0.15) is 0 Å². The summed E-state index contributed by atoms with van der Waals surface area (Å²) in [6.45, 7) is 8.47. The molecule has 1 saturated carbocycles. The fourth-order valence-electron chi connectivity index (χ4n) is 4.85. The standard InChI is InChI=1S/C20H30N2/c1-15(2)22-11-8-16(9-12-22)14-21-19-13-20(19)10-7-17-5-3-4-6-18(17)20/h3-6,15-16,19,21H,7-14H2,1-2H3/t19-,20+/m1/s1. The van der Waals surface area contributed by atoms with E-state index in [0.717, 1.165) is 18.0 Å². The van der Waals surface area contributed by atoms with Crippen LogP contribution in [0.1, 0.15) is 50.7 Å². The van der Waals surface area contributed by atoms with Crippen molar-refractivity contribution >= 4 is 0 Å². The number of aryl methyl sites for hydroxylation is 1. The molecule has 1 N–H and O–H groups in total. The molecule has 2 nitrogen and oxygen atoms in total. The number of likely N-dealkylation sites (tertiary alicyclic amines) is 1. The molecule has 0 amide bonds. The molecule has 1 aromatic carbocycles. The Morgan fingerprint density at radius 1 is 1.23 bits per heavy atom. The number of nitrogens with one attached hydrogen (secondary N) is 1. The van der Waals surface area contributed by atoms with E-state index >= 15 is 0 Å². The van der Waals surface area contributed by atoms with Crippen LogP contribution >= 0.6 is 0 Å². The first kappa shape index (κ1) is 14.7. The summed E-state index contributed by atoms with van der Waals surface area (Å²) in [5.41, 5.74) is 3.77. The van der Waals surface area contributed by atoms with Crippen LogP contribution in [-0.4, -0.2) is 36.6 Å². The van der Waals surface area contributed by atoms with Gasteiger partial charge in [0.15, 0.2) is 0 Å². The Kier molecular flexibility index (Phi) is 3.78. The van der Waals surface area contributed by atoms with Crippen LogP contribution in [0.15, 0.2) is 24.3 Å². The summed E-state index contributed by atoms with van der Waals surface area (Å²) in [6.07, 6.45) is 6.79. The molecule has 2 heteroatoms. The Morgan fingerprint density at radius 3 is 2.77 bits per heavy atom. The van der Waals surface area contributed by atoms with Crippen LogP contribution in [0.25, 0.3) is 0 Å². The van der Waals surface area contributed by atoms with E-state index in [1.54, 1.807) is 11.1 Å². The Bertz CT molecular complexity index is 530. The highest BCUT2D eigenvalue weighted by atomic mass is 15.2. The topological polar surface area (TPSA) is 15.3 Å². The first-order valence-electron chi connectivity index (χ1n) is 9.25. The van der Waals surface area contributed by atoms with Crippen LogP contribution in [0.4, 0.5) is 0 Å². The van der Waals surface area contributed by atoms with E-state index in [2.05, 4.69) is 48.3 Å². The smallest absolute Gasteiger partial charge is 0.0174 e. The molecule has 0 aromatic heterocycles. The third-order valence-corrected chi connectivity index (χ3v) is 6.50. The number of rotatable bonds is 4. The van der Waals surface area contributed by atoms with Gasteiger partial charge in [0, 0.05) is 17.5 Å². The number of benzene rings is 1. The van der Waals surface area contributed by atoms with Gasteiger partial charge in [0.1, 0.15) is 0 Å². The van der Waals surface area contributed by atoms with E-state index in [1.807, 2.05) is 0 Å². The maximum atomic E-state index is 3.93. The lowest BCUT2D eigenvalue weighted by Gasteiger charge is -2.34. The van der Waals surface area contributed by atoms with Crippen LogP contribution in [0.5, 0.6) is 0 Å². The zero-order chi connectivity index (χ0) is 15.2. The summed E-state index contributed by atoms with van der Waals surface area (Å²) in [5, 5.41) is 3.93. The van der Waals surface area contributed by atoms with Gasteiger partial charge in [0.05, 0.1) is 0 Å². The van der Waals surface area contributed by atoms with Gasteiger partial charge in [-0.1, -0.05) is 24.3 Å². The molecule has 1 aromatic rings. The van der Waals surface area contributed by atoms with Gasteiger partial charge in [0.2, 0.25) is 0 Å². The van der Waals surface area contributed by atoms with Crippen molar-refractivity contribution in [1.29, 1.82) is 0 Å². The van der Waals surface area contributed by atoms with E-state index in [0.29, 0.717) is 5.41 Å². The fraction of sp³-hybridized carbons (Fsp3) is 0.700. The molecule has 1 spiro atoms. The Hall–Kier alpha value is -0.860. The molecule has 1 saturated heterocycles. The third-order valence-electron chi connectivity index (χ3n) is 6.50. The van der Waals surface area contributed by atoms with Gasteiger partial charge in [-0.05, 0) is 82.6 Å². The van der Waals surface area contributed by atoms with Crippen molar-refractivity contribution in [2.75, 3.05) is 19.6 Å². The molecular formula is C20H30N2. The van der Waals surface area contributed by atoms with Crippen molar-refractivity contribution in [2.45, 2.75) is 63.5 Å². The molecule has 0 radical (unpaired) electrons. The van der Waals surface area contributed by atoms with Gasteiger partial charge in [-0.25, -0.2) is 0 Å². The lowest BCUT2D eigenvalue weighted by Crippen LogP contribution is -2.41. The largest absolute Gasteiger partial charge is 0.313 e. The van der Waals surface area contributed by atoms with Crippen LogP contribution < -0.4 is 5.32 Å². The molecule has 2 fully saturated rings. The second-order valence-corrected chi connectivity index (χ2v) is 8.05. The summed E-state index contributed by atoms with van der Waals surface area (Å²) in [5.74, 6) is 0.893. The van der Waals surface area contributed by atoms with Crippen molar-refractivity contribution in [3.05, 3.63) is 35.4 Å². The Morgan fingerprint density at radius 2 is 2.00 bits per heavy atom. The number of piperidine rings is 1. The monoisotopic (exact) mass is 298 g/mol. The van der Waals surface area contributed by atoms with Crippen molar-refractivity contribution < 1.29 is 0 Å². The van der Waals surface area contributed by atoms with E-state index in [-0.39, 0.29) is 0 Å². The Balaban J connectivity index is 1.29. The maximum Gasteiger partial charge on any atom is 0.0174 e. The molecule has 0 bridgehead atoms. The average Bonchev–Trinajstić information content (AvgIpc) is 3.13. The molecule has 2 atom stereocenters. The number of hydrogen-bond acceptors (Lipinski definition) is 2. The average molecular weight is 298 g/mol. The molecule has 1 heterocycles. The number of hydrogen-bond donors (Lipinski definition) is 1. The summed E-state index contributed by atoms with van der Waals surface area (Å²) in [7, 11) is 0. The van der Waals surface area contributed by atoms with Crippen LogP contribution in [0, 0.1) is 5.92 Å². The normalized spacial score (nSPS) is 31.9. The molecule has 2 aliphatic carbocycles. The SMILES string of the molecule is CC(C)N1CCC(CN[C@@H]2C[C@]23CCc2ccccc23)CC1. The fourth-order valence-corrected chi connectivity index (χ4v) is 4.85. The lowest BCUT2D eigenvalue weighted by molar-refractivity contribution is 0.148. The van der Waals surface area contributed by atoms with E-state index < -0.39 is 0 Å². The third kappa shape index (κ3) is 2.51. The van der Waals surface area contributed by atoms with E-state index in [1.165, 1.54) is 51.7 Å². The zero-order valence-corrected chi connectivity index (χ0v) is 14.1. The molecule has 0 unspecified atom stereocenters.